The van der Waals surface area contributed by atoms with Crippen LogP contribution in [0.2, 0.25) is 0 Å². The van der Waals surface area contributed by atoms with Gasteiger partial charge in [0, 0.05) is 6.42 Å². The van der Waals surface area contributed by atoms with Crippen molar-refractivity contribution in [2.24, 2.45) is 28.4 Å². The van der Waals surface area contributed by atoms with Crippen molar-refractivity contribution >= 4 is 21.7 Å². The summed E-state index contributed by atoms with van der Waals surface area (Å²) < 4.78 is 28.6. The van der Waals surface area contributed by atoms with Crippen LogP contribution in [0, 0.1) is 22.7 Å². The number of nitrogens with one attached hydrogen (secondary N) is 1. The molecule has 4 aliphatic rings. The van der Waals surface area contributed by atoms with Crippen molar-refractivity contribution in [3.05, 3.63) is 29.8 Å². The lowest BCUT2D eigenvalue weighted by Gasteiger charge is -2.61. The van der Waals surface area contributed by atoms with Gasteiger partial charge in [0.1, 0.15) is 0 Å². The van der Waals surface area contributed by atoms with Crippen molar-refractivity contribution in [2.75, 3.05) is 0 Å². The normalized spacial score (nSPS) is 31.6. The lowest BCUT2D eigenvalue weighted by Crippen LogP contribution is -2.58. The van der Waals surface area contributed by atoms with E-state index in [-0.39, 0.29) is 22.0 Å². The van der Waals surface area contributed by atoms with Crippen molar-refractivity contribution in [2.45, 2.75) is 89.0 Å². The summed E-state index contributed by atoms with van der Waals surface area (Å²) in [7, 11) is -3.83. The number of aryl methyl sites for hydroxylation is 1. The Bertz CT molecular complexity index is 999. The molecule has 0 spiro atoms. The predicted molar refractivity (Wildman–Crippen MR) is 123 cm³/mol. The van der Waals surface area contributed by atoms with E-state index in [1.54, 1.807) is 26.0 Å². The second kappa shape index (κ2) is 7.94. The third-order valence-electron chi connectivity index (χ3n) is 8.10. The minimum absolute atomic E-state index is 0.120. The Balaban J connectivity index is 1.50. The van der Waals surface area contributed by atoms with E-state index in [0.29, 0.717) is 24.7 Å². The Hall–Kier alpha value is -1.73. The quantitative estimate of drug-likeness (QED) is 0.585. The number of hydrogen-bond acceptors (Lipinski definition) is 4. The number of hydrogen-bond donors (Lipinski definition) is 2. The molecule has 0 saturated heterocycles. The Labute approximate surface area is 191 Å². The minimum atomic E-state index is -3.83. The second-order valence-electron chi connectivity index (χ2n) is 11.3. The zero-order valence-electron chi connectivity index (χ0n) is 19.4. The fraction of sp³-hybridized carbons (Fsp3) is 0.680. The van der Waals surface area contributed by atoms with Crippen molar-refractivity contribution in [1.82, 2.24) is 4.72 Å². The number of primary amides is 1. The molecule has 4 aliphatic carbocycles. The molecule has 0 aliphatic heterocycles. The first-order chi connectivity index (χ1) is 14.9. The van der Waals surface area contributed by atoms with Crippen molar-refractivity contribution in [1.29, 1.82) is 0 Å². The van der Waals surface area contributed by atoms with Gasteiger partial charge in [-0.2, -0.15) is 4.72 Å². The second-order valence-corrected chi connectivity index (χ2v) is 13.0. The highest BCUT2D eigenvalue weighted by Crippen LogP contribution is 2.66. The van der Waals surface area contributed by atoms with E-state index >= 15 is 0 Å². The summed E-state index contributed by atoms with van der Waals surface area (Å²) in [6, 6.07) is 6.85. The summed E-state index contributed by atoms with van der Waals surface area (Å²) in [4.78, 5) is 25.9. The van der Waals surface area contributed by atoms with Crippen LogP contribution in [0.5, 0.6) is 0 Å². The number of carbonyl (C=O) groups is 2. The monoisotopic (exact) mass is 460 g/mol. The maximum atomic E-state index is 13.4. The van der Waals surface area contributed by atoms with Crippen LogP contribution in [0.25, 0.3) is 0 Å². The van der Waals surface area contributed by atoms with Crippen molar-refractivity contribution < 1.29 is 18.0 Å². The van der Waals surface area contributed by atoms with Crippen molar-refractivity contribution in [3.8, 4) is 0 Å². The average molecular weight is 461 g/mol. The molecule has 0 radical (unpaired) electrons. The number of nitrogens with two attached hydrogens (primary N) is 1. The molecule has 4 bridgehead atoms. The molecule has 0 aromatic heterocycles. The molecule has 1 aromatic carbocycles. The van der Waals surface area contributed by atoms with Gasteiger partial charge in [-0.05, 0) is 93.7 Å². The smallest absolute Gasteiger partial charge is 0.241 e. The van der Waals surface area contributed by atoms with E-state index < -0.39 is 21.0 Å². The van der Waals surface area contributed by atoms with Crippen LogP contribution < -0.4 is 10.5 Å². The van der Waals surface area contributed by atoms with Crippen LogP contribution >= 0.6 is 0 Å². The standard InChI is InChI=1S/C25H36N2O4S/c1-4-5-17-6-8-20(9-7-17)32(30,31)27-23(2,3)21(28)15-24-11-18-10-19(12-24)14-25(13-18,16-24)22(26)29/h6-9,18-19,27H,4-5,10-16H2,1-3H3,(H2,26,29). The Morgan fingerprint density at radius 2 is 1.69 bits per heavy atom. The van der Waals surface area contributed by atoms with Gasteiger partial charge in [-0.25, -0.2) is 8.42 Å². The first kappa shape index (κ1) is 23.4. The number of Topliss-reactive ketones (excluding diaryl/α,β-unsaturated/α-hetero) is 1. The number of sulfonamides is 1. The molecule has 32 heavy (non-hydrogen) atoms. The van der Waals surface area contributed by atoms with Crippen LogP contribution in [0.3, 0.4) is 0 Å². The molecule has 7 heteroatoms. The van der Waals surface area contributed by atoms with Crippen molar-refractivity contribution in [3.63, 3.8) is 0 Å². The van der Waals surface area contributed by atoms with E-state index in [9.17, 15) is 18.0 Å². The molecule has 3 N–H and O–H groups in total. The molecule has 4 saturated carbocycles. The molecular formula is C25H36N2O4S. The summed E-state index contributed by atoms with van der Waals surface area (Å²) in [6.07, 6.45) is 7.53. The predicted octanol–water partition coefficient (Wildman–Crippen LogP) is 3.73. The van der Waals surface area contributed by atoms with E-state index in [2.05, 4.69) is 11.6 Å². The molecule has 6 nitrogen and oxygen atoms in total. The highest BCUT2D eigenvalue weighted by molar-refractivity contribution is 7.89. The van der Waals surface area contributed by atoms with Crippen LogP contribution in [0.15, 0.2) is 29.2 Å². The van der Waals surface area contributed by atoms with Gasteiger partial charge in [0.15, 0.2) is 5.78 Å². The van der Waals surface area contributed by atoms with Gasteiger partial charge in [-0.1, -0.05) is 25.5 Å². The number of benzene rings is 1. The lowest BCUT2D eigenvalue weighted by atomic mass is 9.43. The number of amides is 1. The first-order valence-electron chi connectivity index (χ1n) is 11.8. The number of carbonyl (C=O) groups excluding carboxylic acids is 2. The number of ketones is 1. The van der Waals surface area contributed by atoms with Crippen LogP contribution in [0.4, 0.5) is 0 Å². The van der Waals surface area contributed by atoms with E-state index in [0.717, 1.165) is 50.5 Å². The summed E-state index contributed by atoms with van der Waals surface area (Å²) in [5.41, 5.74) is 4.97. The zero-order chi connectivity index (χ0) is 23.4. The van der Waals surface area contributed by atoms with Crippen LogP contribution in [0.1, 0.15) is 77.7 Å². The summed E-state index contributed by atoms with van der Waals surface area (Å²) in [5, 5.41) is 0. The van der Waals surface area contributed by atoms with Crippen LogP contribution in [-0.4, -0.2) is 25.6 Å². The van der Waals surface area contributed by atoms with E-state index in [1.807, 2.05) is 12.1 Å². The van der Waals surface area contributed by atoms with E-state index in [4.69, 9.17) is 5.73 Å². The fourth-order valence-electron chi connectivity index (χ4n) is 7.08. The van der Waals surface area contributed by atoms with Gasteiger partial charge in [-0.3, -0.25) is 9.59 Å². The summed E-state index contributed by atoms with van der Waals surface area (Å²) in [5.74, 6) is 0.538. The largest absolute Gasteiger partial charge is 0.369 e. The van der Waals surface area contributed by atoms with Gasteiger partial charge in [0.2, 0.25) is 15.9 Å². The Kier molecular flexibility index (Phi) is 5.82. The van der Waals surface area contributed by atoms with Gasteiger partial charge in [0.25, 0.3) is 0 Å². The molecule has 176 valence electrons. The molecule has 2 atom stereocenters. The molecule has 1 amide bonds. The van der Waals surface area contributed by atoms with Gasteiger partial charge >= 0.3 is 0 Å². The van der Waals surface area contributed by atoms with Gasteiger partial charge < -0.3 is 5.73 Å². The summed E-state index contributed by atoms with van der Waals surface area (Å²) in [6.45, 7) is 5.36. The molecule has 1 aromatic rings. The molecule has 4 fully saturated rings. The molecular weight excluding hydrogens is 424 g/mol. The van der Waals surface area contributed by atoms with Gasteiger partial charge in [0.05, 0.1) is 15.8 Å². The minimum Gasteiger partial charge on any atom is -0.369 e. The maximum Gasteiger partial charge on any atom is 0.241 e. The fourth-order valence-corrected chi connectivity index (χ4v) is 8.48. The molecule has 0 heterocycles. The zero-order valence-corrected chi connectivity index (χ0v) is 20.3. The third kappa shape index (κ3) is 4.26. The van der Waals surface area contributed by atoms with Gasteiger partial charge in [-0.15, -0.1) is 0 Å². The molecule has 5 rings (SSSR count). The first-order valence-corrected chi connectivity index (χ1v) is 13.3. The highest BCUT2D eigenvalue weighted by Gasteiger charge is 2.60. The lowest BCUT2D eigenvalue weighted by molar-refractivity contribution is -0.158. The summed E-state index contributed by atoms with van der Waals surface area (Å²) >= 11 is 0. The Morgan fingerprint density at radius 3 is 2.22 bits per heavy atom. The number of rotatable bonds is 9. The topological polar surface area (TPSA) is 106 Å². The maximum absolute atomic E-state index is 13.4. The molecule has 2 unspecified atom stereocenters. The SMILES string of the molecule is CCCc1ccc(S(=O)(=O)NC(C)(C)C(=O)CC23CC4CC(C2)CC(C(N)=O)(C4)C3)cc1. The Morgan fingerprint density at radius 1 is 1.09 bits per heavy atom. The third-order valence-corrected chi connectivity index (χ3v) is 9.77. The van der Waals surface area contributed by atoms with E-state index in [1.165, 1.54) is 0 Å². The van der Waals surface area contributed by atoms with Crippen LogP contribution in [-0.2, 0) is 26.0 Å². The average Bonchev–Trinajstić information content (AvgIpc) is 2.66. The highest BCUT2D eigenvalue weighted by atomic mass is 32.2.